The lowest BCUT2D eigenvalue weighted by molar-refractivity contribution is -0.138. The predicted molar refractivity (Wildman–Crippen MR) is 119 cm³/mol. The first-order chi connectivity index (χ1) is 14.6. The van der Waals surface area contributed by atoms with E-state index in [-0.39, 0.29) is 17.7 Å². The summed E-state index contributed by atoms with van der Waals surface area (Å²) >= 11 is 5.44. The Morgan fingerprint density at radius 3 is 2.80 bits per heavy atom. The zero-order valence-corrected chi connectivity index (χ0v) is 18.2. The third kappa shape index (κ3) is 4.40. The highest BCUT2D eigenvalue weighted by molar-refractivity contribution is 7.80. The first-order valence-corrected chi connectivity index (χ1v) is 11.6. The largest absolute Gasteiger partial charge is 0.332 e. The highest BCUT2D eigenvalue weighted by atomic mass is 32.1. The number of Topliss-reactive ketones (excluding diaryl/α,β-unsaturated/α-hetero) is 1. The number of hydrogen-bond acceptors (Lipinski definition) is 5. The Kier molecular flexibility index (Phi) is 6.74. The molecule has 0 spiro atoms. The van der Waals surface area contributed by atoms with Gasteiger partial charge in [-0.25, -0.2) is 0 Å². The van der Waals surface area contributed by atoms with Gasteiger partial charge in [-0.05, 0) is 62.0 Å². The van der Waals surface area contributed by atoms with Gasteiger partial charge in [-0.3, -0.25) is 9.59 Å². The third-order valence-electron chi connectivity index (χ3n) is 7.01. The van der Waals surface area contributed by atoms with Crippen LogP contribution in [0.15, 0.2) is 24.3 Å². The van der Waals surface area contributed by atoms with Crippen LogP contribution >= 0.6 is 12.2 Å². The molecule has 1 aliphatic carbocycles. The number of ketones is 1. The van der Waals surface area contributed by atoms with Crippen LogP contribution in [0, 0.1) is 11.8 Å². The van der Waals surface area contributed by atoms with E-state index in [0.717, 1.165) is 38.4 Å². The molecule has 1 amide bonds. The molecule has 2 saturated heterocycles. The van der Waals surface area contributed by atoms with E-state index in [1.54, 1.807) is 4.90 Å². The molecule has 2 fully saturated rings. The Bertz CT molecular complexity index is 839. The van der Waals surface area contributed by atoms with Gasteiger partial charge in [0.15, 0.2) is 0 Å². The van der Waals surface area contributed by atoms with Crippen LogP contribution in [0.1, 0.15) is 49.7 Å². The first kappa shape index (κ1) is 21.3. The second kappa shape index (κ2) is 9.48. The Morgan fingerprint density at radius 1 is 1.20 bits per heavy atom. The number of amides is 1. The van der Waals surface area contributed by atoms with E-state index in [1.807, 2.05) is 0 Å². The second-order valence-electron chi connectivity index (χ2n) is 8.92. The number of benzene rings is 1. The minimum atomic E-state index is -0.605. The topological polar surface area (TPSA) is 66.5 Å². The molecule has 4 rings (SSSR count). The Labute approximate surface area is 183 Å². The van der Waals surface area contributed by atoms with Crippen molar-refractivity contribution >= 4 is 35.1 Å². The maximum Gasteiger partial charge on any atom is 0.241 e. The first-order valence-electron chi connectivity index (χ1n) is 11.2. The van der Waals surface area contributed by atoms with Gasteiger partial charge in [-0.2, -0.15) is 0 Å². The van der Waals surface area contributed by atoms with Crippen molar-refractivity contribution in [1.82, 2.24) is 10.2 Å². The Morgan fingerprint density at radius 2 is 2.00 bits per heavy atom. The summed E-state index contributed by atoms with van der Waals surface area (Å²) in [7, 11) is 0. The third-order valence-corrected chi connectivity index (χ3v) is 7.41. The molecule has 1 unspecified atom stereocenters. The number of thiocarbonyl (C=S) groups is 1. The van der Waals surface area contributed by atoms with Crippen LogP contribution in [-0.2, 0) is 27.2 Å². The highest BCUT2D eigenvalue weighted by Gasteiger charge is 2.44. The molecular weight excluding hydrogens is 396 g/mol. The lowest BCUT2D eigenvalue weighted by atomic mass is 9.81. The van der Waals surface area contributed by atoms with Crippen molar-refractivity contribution in [3.8, 4) is 0 Å². The number of fused-ring (bicyclic) bond motifs is 1. The fourth-order valence-corrected chi connectivity index (χ4v) is 5.70. The summed E-state index contributed by atoms with van der Waals surface area (Å²) in [6.07, 6.45) is 8.11. The molecule has 0 saturated carbocycles. The smallest absolute Gasteiger partial charge is 0.241 e. The van der Waals surface area contributed by atoms with Crippen LogP contribution in [0.5, 0.6) is 0 Å². The quantitative estimate of drug-likeness (QED) is 0.536. The summed E-state index contributed by atoms with van der Waals surface area (Å²) in [4.78, 5) is 39.5. The van der Waals surface area contributed by atoms with Gasteiger partial charge in [-0.1, -0.05) is 36.5 Å². The molecule has 0 bridgehead atoms. The molecule has 3 aliphatic rings. The number of likely N-dealkylation sites (tertiary alicyclic amines) is 1. The van der Waals surface area contributed by atoms with Crippen molar-refractivity contribution in [3.05, 3.63) is 35.4 Å². The maximum atomic E-state index is 13.0. The van der Waals surface area contributed by atoms with Gasteiger partial charge in [0.2, 0.25) is 5.91 Å². The predicted octanol–water partition coefficient (Wildman–Crippen LogP) is 2.68. The van der Waals surface area contributed by atoms with Crippen LogP contribution in [0.4, 0.5) is 0 Å². The second-order valence-corrected chi connectivity index (χ2v) is 9.44. The van der Waals surface area contributed by atoms with Gasteiger partial charge in [-0.15, -0.1) is 0 Å². The van der Waals surface area contributed by atoms with Gasteiger partial charge in [0, 0.05) is 24.4 Å². The minimum Gasteiger partial charge on any atom is -0.332 e. The van der Waals surface area contributed by atoms with Gasteiger partial charge in [0.05, 0.1) is 12.0 Å². The molecule has 4 atom stereocenters. The monoisotopic (exact) mass is 426 g/mol. The summed E-state index contributed by atoms with van der Waals surface area (Å²) in [5.41, 5.74) is 2.91. The average molecular weight is 427 g/mol. The van der Waals surface area contributed by atoms with Crippen molar-refractivity contribution < 1.29 is 14.4 Å². The number of nitrogens with zero attached hydrogens (tertiary/aromatic N) is 1. The van der Waals surface area contributed by atoms with Gasteiger partial charge >= 0.3 is 0 Å². The molecule has 0 aromatic heterocycles. The molecular formula is C24H30N2O3S. The van der Waals surface area contributed by atoms with Crippen molar-refractivity contribution in [2.45, 2.75) is 63.5 Å². The molecule has 1 aromatic rings. The zero-order valence-electron chi connectivity index (χ0n) is 17.3. The molecule has 30 heavy (non-hydrogen) atoms. The van der Waals surface area contributed by atoms with E-state index >= 15 is 0 Å². The van der Waals surface area contributed by atoms with E-state index < -0.39 is 12.0 Å². The van der Waals surface area contributed by atoms with Crippen molar-refractivity contribution in [2.24, 2.45) is 11.8 Å². The van der Waals surface area contributed by atoms with Crippen LogP contribution in [0.25, 0.3) is 0 Å². The normalized spacial score (nSPS) is 28.4. The van der Waals surface area contributed by atoms with Crippen molar-refractivity contribution in [1.29, 1.82) is 0 Å². The molecule has 1 aromatic carbocycles. The Hall–Kier alpha value is -1.92. The molecule has 2 heterocycles. The van der Waals surface area contributed by atoms with E-state index in [9.17, 15) is 14.4 Å². The van der Waals surface area contributed by atoms with Crippen molar-refractivity contribution in [2.75, 3.05) is 13.1 Å². The summed E-state index contributed by atoms with van der Waals surface area (Å²) in [6.45, 7) is 0.998. The van der Waals surface area contributed by atoms with E-state index in [2.05, 4.69) is 29.6 Å². The minimum absolute atomic E-state index is 0.0707. The summed E-state index contributed by atoms with van der Waals surface area (Å²) in [5.74, 6) is 0.0114. The summed E-state index contributed by atoms with van der Waals surface area (Å²) in [5, 5.41) is 3.14. The number of aryl methyl sites for hydroxylation is 1. The van der Waals surface area contributed by atoms with Crippen LogP contribution in [0.3, 0.4) is 0 Å². The van der Waals surface area contributed by atoms with Crippen LogP contribution in [-0.4, -0.2) is 52.9 Å². The summed E-state index contributed by atoms with van der Waals surface area (Å²) in [6, 6.07) is 7.68. The van der Waals surface area contributed by atoms with Crippen molar-refractivity contribution in [3.63, 3.8) is 0 Å². The zero-order chi connectivity index (χ0) is 21.1. The fourth-order valence-electron chi connectivity index (χ4n) is 5.35. The lowest BCUT2D eigenvalue weighted by Gasteiger charge is -2.27. The summed E-state index contributed by atoms with van der Waals surface area (Å²) < 4.78 is 0. The Balaban J connectivity index is 1.31. The molecule has 0 radical (unpaired) electrons. The molecule has 1 N–H and O–H groups in total. The average Bonchev–Trinajstić information content (AvgIpc) is 3.39. The molecule has 2 aliphatic heterocycles. The van der Waals surface area contributed by atoms with Gasteiger partial charge in [0.25, 0.3) is 0 Å². The molecule has 160 valence electrons. The van der Waals surface area contributed by atoms with E-state index in [1.165, 1.54) is 17.5 Å². The number of hydrogen-bond donors (Lipinski definition) is 1. The molecule has 6 heteroatoms. The number of nitrogens with one attached hydrogen (secondary N) is 1. The van der Waals surface area contributed by atoms with Crippen LogP contribution < -0.4 is 5.32 Å². The highest BCUT2D eigenvalue weighted by Crippen LogP contribution is 2.29. The number of aldehydes is 1. The van der Waals surface area contributed by atoms with Gasteiger partial charge < -0.3 is 15.0 Å². The number of rotatable bonds is 7. The molecule has 5 nitrogen and oxygen atoms in total. The standard InChI is InChI=1S/C24H30N2O3S/c27-15-19-8-4-12-26(19)24(29)23-22(21(30)14-25-23)20(28)9-3-5-16-10-11-17-6-1-2-7-18(17)13-16/h1-2,6-7,15-16,19,22-23,25H,3-5,8-14H2/t16-,19+,22?,23+/m1/s1. The maximum absolute atomic E-state index is 13.0. The number of carbonyl (C=O) groups excluding carboxylic acids is 3. The van der Waals surface area contributed by atoms with E-state index in [4.69, 9.17) is 12.2 Å². The SMILES string of the molecule is O=C[C@@H]1CCCN1C(=O)[C@H]1NCC(=S)C1C(=O)CCC[C@@H]1CCc2ccccc2C1. The van der Waals surface area contributed by atoms with E-state index in [0.29, 0.717) is 36.7 Å². The van der Waals surface area contributed by atoms with Gasteiger partial charge in [0.1, 0.15) is 18.1 Å². The number of carbonyl (C=O) groups is 3. The lowest BCUT2D eigenvalue weighted by Crippen LogP contribution is -2.50. The fraction of sp³-hybridized carbons (Fsp3) is 0.583. The van der Waals surface area contributed by atoms with Crippen LogP contribution in [0.2, 0.25) is 0 Å².